The molecule has 2 saturated carbocycles. The molecular formula is C38H56O10. The number of esters is 1. The van der Waals surface area contributed by atoms with Crippen molar-refractivity contribution in [2.75, 3.05) is 6.61 Å². The third kappa shape index (κ3) is 5.07. The first-order valence-electron chi connectivity index (χ1n) is 18.3. The van der Waals surface area contributed by atoms with Crippen LogP contribution >= 0.6 is 0 Å². The first-order valence-corrected chi connectivity index (χ1v) is 18.3. The van der Waals surface area contributed by atoms with E-state index < -0.39 is 88.9 Å². The molecule has 0 spiro atoms. The van der Waals surface area contributed by atoms with Crippen molar-refractivity contribution in [3.8, 4) is 0 Å². The first kappa shape index (κ1) is 35.9. The van der Waals surface area contributed by atoms with Crippen molar-refractivity contribution in [2.45, 2.75) is 164 Å². The van der Waals surface area contributed by atoms with Crippen molar-refractivity contribution in [1.82, 2.24) is 0 Å². The van der Waals surface area contributed by atoms with E-state index in [0.717, 1.165) is 19.3 Å². The topological polar surface area (TPSA) is 144 Å². The highest BCUT2D eigenvalue weighted by Crippen LogP contribution is 2.73. The molecule has 0 radical (unpaired) electrons. The number of fused-ring (bicyclic) bond motifs is 3. The van der Waals surface area contributed by atoms with Crippen LogP contribution < -0.4 is 0 Å². The van der Waals surface area contributed by atoms with Gasteiger partial charge >= 0.3 is 11.9 Å². The lowest BCUT2D eigenvalue weighted by atomic mass is 9.53. The molecule has 268 valence electrons. The summed E-state index contributed by atoms with van der Waals surface area (Å²) in [6.07, 6.45) is 15.4. The van der Waals surface area contributed by atoms with Crippen LogP contribution in [-0.2, 0) is 33.3 Å². The van der Waals surface area contributed by atoms with Crippen LogP contribution in [0.2, 0.25) is 0 Å². The number of aliphatic hydroxyl groups is 3. The van der Waals surface area contributed by atoms with Crippen LogP contribution in [0.1, 0.15) is 112 Å². The van der Waals surface area contributed by atoms with E-state index in [1.807, 2.05) is 13.0 Å². The fourth-order valence-corrected chi connectivity index (χ4v) is 9.96. The fraction of sp³-hybridized carbons (Fsp3) is 0.789. The zero-order valence-corrected chi connectivity index (χ0v) is 29.4. The predicted molar refractivity (Wildman–Crippen MR) is 176 cm³/mol. The monoisotopic (exact) mass is 672 g/mol. The van der Waals surface area contributed by atoms with Gasteiger partial charge in [-0.2, -0.15) is 0 Å². The SMILES string of the molecule is C=C(C)[C@@]12O[C@@]3(/C=C\CCCCCCCCCCCCC)O[C@@H]1[C@@H]1[C@@H]4O[C@]4(CO)[C@@H](O)[C@]4(O)C(=O)C(C)=C[C@H]4[C@@]1(O3)[C@H](C)[C@H]2OC(C)=O. The van der Waals surface area contributed by atoms with Crippen LogP contribution in [-0.4, -0.2) is 86.5 Å². The van der Waals surface area contributed by atoms with Crippen LogP contribution in [0.25, 0.3) is 0 Å². The molecule has 5 fully saturated rings. The van der Waals surface area contributed by atoms with Crippen molar-refractivity contribution in [1.29, 1.82) is 0 Å². The van der Waals surface area contributed by atoms with Crippen molar-refractivity contribution in [3.05, 3.63) is 36.0 Å². The van der Waals surface area contributed by atoms with E-state index in [9.17, 15) is 24.9 Å². The van der Waals surface area contributed by atoms with E-state index in [2.05, 4.69) is 13.5 Å². The molecule has 48 heavy (non-hydrogen) atoms. The Morgan fingerprint density at radius 1 is 1.00 bits per heavy atom. The molecule has 3 heterocycles. The van der Waals surface area contributed by atoms with Gasteiger partial charge in [-0.25, -0.2) is 0 Å². The molecule has 0 aromatic carbocycles. The smallest absolute Gasteiger partial charge is 0.306 e. The summed E-state index contributed by atoms with van der Waals surface area (Å²) in [5, 5.41) is 34.7. The number of rotatable bonds is 16. The van der Waals surface area contributed by atoms with E-state index in [-0.39, 0.29) is 5.57 Å². The maximum atomic E-state index is 13.7. The van der Waals surface area contributed by atoms with Gasteiger partial charge in [0.1, 0.15) is 30.0 Å². The van der Waals surface area contributed by atoms with Crippen molar-refractivity contribution in [2.24, 2.45) is 17.8 Å². The lowest BCUT2D eigenvalue weighted by Crippen LogP contribution is -2.76. The number of hydrogen-bond acceptors (Lipinski definition) is 10. The van der Waals surface area contributed by atoms with Crippen molar-refractivity contribution < 1.29 is 48.6 Å². The van der Waals surface area contributed by atoms with Crippen LogP contribution in [0.3, 0.4) is 0 Å². The van der Waals surface area contributed by atoms with E-state index in [4.69, 9.17) is 23.7 Å². The van der Waals surface area contributed by atoms with Gasteiger partial charge in [0.2, 0.25) is 0 Å². The summed E-state index contributed by atoms with van der Waals surface area (Å²) in [6, 6.07) is 0. The minimum Gasteiger partial charge on any atom is -0.459 e. The largest absolute Gasteiger partial charge is 0.459 e. The van der Waals surface area contributed by atoms with Gasteiger partial charge in [-0.15, -0.1) is 0 Å². The fourth-order valence-electron chi connectivity index (χ4n) is 9.96. The van der Waals surface area contributed by atoms with Gasteiger partial charge in [-0.05, 0) is 37.8 Å². The average molecular weight is 673 g/mol. The maximum absolute atomic E-state index is 13.7. The molecule has 3 aliphatic carbocycles. The molecule has 6 rings (SSSR count). The second-order valence-electron chi connectivity index (χ2n) is 15.4. The van der Waals surface area contributed by atoms with E-state index in [0.29, 0.717) is 5.57 Å². The number of Topliss-reactive ketones (excluding diaryl/α,β-unsaturated/α-hetero) is 1. The summed E-state index contributed by atoms with van der Waals surface area (Å²) < 4.78 is 32.8. The van der Waals surface area contributed by atoms with Crippen LogP contribution in [0, 0.1) is 17.8 Å². The molecular weight excluding hydrogens is 616 g/mol. The Bertz CT molecular complexity index is 1340. The standard InChI is InChI=1S/C38H56O10/c1-7-8-9-10-11-12-13-14-15-16-17-18-19-20-35-46-32-28-31-34(22-39,45-31)33(42)36(43)27(21-24(4)29(36)41)38(28,48-35)25(5)30(44-26(6)40)37(32,47-35)23(2)3/h19-21,25,27-28,30-33,39,42-43H,2,7-18,22H2,1,3-6H3/b20-19-/t25-,27-,28+,30-,31+,32-,33-,34+,35-,36-,37+,38+/m1/s1. The van der Waals surface area contributed by atoms with Gasteiger partial charge in [0, 0.05) is 30.8 Å². The maximum Gasteiger partial charge on any atom is 0.306 e. The van der Waals surface area contributed by atoms with Gasteiger partial charge in [0.05, 0.1) is 12.2 Å². The lowest BCUT2D eigenvalue weighted by molar-refractivity contribution is -0.407. The molecule has 6 aliphatic rings. The normalized spacial score (nSPS) is 45.0. The van der Waals surface area contributed by atoms with Gasteiger partial charge in [0.15, 0.2) is 17.0 Å². The molecule has 0 aromatic rings. The Balaban J connectivity index is 1.28. The number of ketones is 1. The zero-order valence-electron chi connectivity index (χ0n) is 29.4. The van der Waals surface area contributed by atoms with Gasteiger partial charge in [-0.3, -0.25) is 9.59 Å². The van der Waals surface area contributed by atoms with Crippen LogP contribution in [0.4, 0.5) is 0 Å². The highest BCUT2D eigenvalue weighted by atomic mass is 16.9. The van der Waals surface area contributed by atoms with Gasteiger partial charge in [0.25, 0.3) is 0 Å². The molecule has 3 N–H and O–H groups in total. The Labute approximate surface area is 284 Å². The van der Waals surface area contributed by atoms with E-state index in [1.54, 1.807) is 26.0 Å². The summed E-state index contributed by atoms with van der Waals surface area (Å²) in [7, 11) is 0. The summed E-state index contributed by atoms with van der Waals surface area (Å²) in [4.78, 5) is 26.4. The summed E-state index contributed by atoms with van der Waals surface area (Å²) in [5.41, 5.74) is -6.03. The second kappa shape index (κ2) is 13.0. The summed E-state index contributed by atoms with van der Waals surface area (Å²) in [6.45, 7) is 12.4. The minimum atomic E-state index is -2.37. The number of ether oxygens (including phenoxy) is 5. The number of aliphatic hydroxyl groups excluding tert-OH is 2. The van der Waals surface area contributed by atoms with Crippen LogP contribution in [0.5, 0.6) is 0 Å². The highest BCUT2D eigenvalue weighted by Gasteiger charge is 2.90. The van der Waals surface area contributed by atoms with Crippen molar-refractivity contribution in [3.63, 3.8) is 0 Å². The number of unbranched alkanes of at least 4 members (excludes halogenated alkanes) is 11. The van der Waals surface area contributed by atoms with E-state index in [1.165, 1.54) is 64.7 Å². The molecule has 3 saturated heterocycles. The number of epoxide rings is 1. The Morgan fingerprint density at radius 3 is 2.21 bits per heavy atom. The van der Waals surface area contributed by atoms with Gasteiger partial charge < -0.3 is 39.0 Å². The summed E-state index contributed by atoms with van der Waals surface area (Å²) in [5.74, 6) is -5.46. The first-order chi connectivity index (χ1) is 22.8. The Kier molecular flexibility index (Phi) is 9.72. The molecule has 0 aromatic heterocycles. The lowest BCUT2D eigenvalue weighted by Gasteiger charge is -2.61. The quantitative estimate of drug-likeness (QED) is 0.0890. The molecule has 3 aliphatic heterocycles. The zero-order chi connectivity index (χ0) is 34.7. The number of carbonyl (C=O) groups excluding carboxylic acids is 2. The molecule has 3 bridgehead atoms. The van der Waals surface area contributed by atoms with Crippen molar-refractivity contribution >= 4 is 11.8 Å². The molecule has 0 amide bonds. The average Bonchev–Trinajstić information content (AvgIpc) is 3.67. The Hall–Kier alpha value is -1.92. The number of allylic oxidation sites excluding steroid dienone is 1. The molecule has 12 atom stereocenters. The summed E-state index contributed by atoms with van der Waals surface area (Å²) >= 11 is 0. The molecule has 0 unspecified atom stereocenters. The number of carbonyl (C=O) groups is 2. The van der Waals surface area contributed by atoms with E-state index >= 15 is 0 Å². The molecule has 10 heteroatoms. The van der Waals surface area contributed by atoms with Gasteiger partial charge in [-0.1, -0.05) is 96.8 Å². The minimum absolute atomic E-state index is 0.263. The van der Waals surface area contributed by atoms with Crippen LogP contribution in [0.15, 0.2) is 36.0 Å². The molecule has 10 nitrogen and oxygen atoms in total. The third-order valence-electron chi connectivity index (χ3n) is 12.4. The highest BCUT2D eigenvalue weighted by molar-refractivity contribution is 6.05. The second-order valence-corrected chi connectivity index (χ2v) is 15.4. The third-order valence-corrected chi connectivity index (χ3v) is 12.4. The number of hydrogen-bond donors (Lipinski definition) is 3. The Morgan fingerprint density at radius 2 is 1.62 bits per heavy atom. The predicted octanol–water partition coefficient (Wildman–Crippen LogP) is 4.98.